The number of urea groups is 1. The van der Waals surface area contributed by atoms with E-state index in [9.17, 15) is 4.79 Å². The first kappa shape index (κ1) is 10.8. The number of hydrogen-bond acceptors (Lipinski definition) is 2. The first-order valence-corrected chi connectivity index (χ1v) is 4.70. The molecule has 0 aromatic heterocycles. The third-order valence-electron chi connectivity index (χ3n) is 2.37. The van der Waals surface area contributed by atoms with Gasteiger partial charge >= 0.3 is 6.03 Å². The zero-order valence-corrected chi connectivity index (χ0v) is 8.92. The highest BCUT2D eigenvalue weighted by Gasteiger charge is 2.25. The fourth-order valence-electron chi connectivity index (χ4n) is 1.55. The summed E-state index contributed by atoms with van der Waals surface area (Å²) in [5.41, 5.74) is 9.51. The third-order valence-corrected chi connectivity index (χ3v) is 2.37. The molecule has 3 N–H and O–H groups in total. The third kappa shape index (κ3) is 2.87. The Morgan fingerprint density at radius 2 is 2.29 bits per heavy atom. The number of amides is 2. The van der Waals surface area contributed by atoms with Gasteiger partial charge in [0.2, 0.25) is 0 Å². The number of primary amides is 1. The van der Waals surface area contributed by atoms with Crippen LogP contribution in [0, 0.1) is 5.41 Å². The first-order valence-electron chi connectivity index (χ1n) is 4.70. The van der Waals surface area contributed by atoms with Crippen molar-refractivity contribution in [2.24, 2.45) is 16.3 Å². The van der Waals surface area contributed by atoms with Gasteiger partial charge in [-0.2, -0.15) is 5.10 Å². The smallest absolute Gasteiger partial charge is 0.332 e. The lowest BCUT2D eigenvalue weighted by molar-refractivity contribution is 0.249. The van der Waals surface area contributed by atoms with Crippen LogP contribution in [0.2, 0.25) is 0 Å². The van der Waals surface area contributed by atoms with Crippen molar-refractivity contribution >= 4 is 11.7 Å². The molecule has 0 atom stereocenters. The summed E-state index contributed by atoms with van der Waals surface area (Å²) in [6, 6.07) is -0.623. The molecule has 1 aliphatic rings. The Bertz CT molecular complexity index is 302. The fourth-order valence-corrected chi connectivity index (χ4v) is 1.55. The summed E-state index contributed by atoms with van der Waals surface area (Å²) < 4.78 is 0. The highest BCUT2D eigenvalue weighted by atomic mass is 16.2. The Morgan fingerprint density at radius 3 is 2.71 bits per heavy atom. The van der Waals surface area contributed by atoms with Crippen LogP contribution in [-0.2, 0) is 0 Å². The molecule has 78 valence electrons. The number of rotatable bonds is 2. The second-order valence-corrected chi connectivity index (χ2v) is 4.45. The molecule has 0 aromatic rings. The van der Waals surface area contributed by atoms with Crippen molar-refractivity contribution in [1.82, 2.24) is 5.43 Å². The molecular weight excluding hydrogens is 178 g/mol. The molecule has 0 radical (unpaired) electrons. The summed E-state index contributed by atoms with van der Waals surface area (Å²) in [7, 11) is 0. The van der Waals surface area contributed by atoms with Gasteiger partial charge in [0.25, 0.3) is 0 Å². The molecule has 0 bridgehead atoms. The van der Waals surface area contributed by atoms with Gasteiger partial charge in [0, 0.05) is 0 Å². The Balaban J connectivity index is 2.59. The van der Waals surface area contributed by atoms with Gasteiger partial charge in [-0.15, -0.1) is 0 Å². The zero-order chi connectivity index (χ0) is 10.8. The van der Waals surface area contributed by atoms with Crippen LogP contribution in [0.15, 0.2) is 16.8 Å². The number of allylic oxidation sites excluding steroid dienone is 2. The SMILES string of the molecule is C/C(=N\NC(N)=O)C1=CCC(C)(C)C1. The summed E-state index contributed by atoms with van der Waals surface area (Å²) in [4.78, 5) is 10.4. The van der Waals surface area contributed by atoms with Gasteiger partial charge in [-0.3, -0.25) is 0 Å². The van der Waals surface area contributed by atoms with Gasteiger partial charge in [0.1, 0.15) is 0 Å². The maximum Gasteiger partial charge on any atom is 0.332 e. The van der Waals surface area contributed by atoms with Crippen molar-refractivity contribution < 1.29 is 4.79 Å². The molecule has 0 fully saturated rings. The molecule has 1 rings (SSSR count). The molecule has 4 nitrogen and oxygen atoms in total. The predicted octanol–water partition coefficient (Wildman–Crippen LogP) is 1.78. The molecule has 4 heteroatoms. The molecule has 0 saturated heterocycles. The van der Waals surface area contributed by atoms with Crippen molar-refractivity contribution in [3.63, 3.8) is 0 Å². The zero-order valence-electron chi connectivity index (χ0n) is 8.92. The predicted molar refractivity (Wildman–Crippen MR) is 56.9 cm³/mol. The van der Waals surface area contributed by atoms with Gasteiger partial charge in [0.05, 0.1) is 5.71 Å². The molecule has 0 spiro atoms. The quantitative estimate of drug-likeness (QED) is 0.512. The molecule has 0 unspecified atom stereocenters. The maximum atomic E-state index is 10.4. The van der Waals surface area contributed by atoms with Crippen LogP contribution in [0.3, 0.4) is 0 Å². The summed E-state index contributed by atoms with van der Waals surface area (Å²) in [6.07, 6.45) is 4.23. The first-order chi connectivity index (χ1) is 6.41. The van der Waals surface area contributed by atoms with Crippen molar-refractivity contribution in [2.45, 2.75) is 33.6 Å². The van der Waals surface area contributed by atoms with E-state index in [1.54, 1.807) is 0 Å². The molecular formula is C10H17N3O. The van der Waals surface area contributed by atoms with Gasteiger partial charge in [-0.25, -0.2) is 10.2 Å². The van der Waals surface area contributed by atoms with Crippen LogP contribution in [0.4, 0.5) is 4.79 Å². The lowest BCUT2D eigenvalue weighted by atomic mass is 9.89. The summed E-state index contributed by atoms with van der Waals surface area (Å²) in [5.74, 6) is 0. The summed E-state index contributed by atoms with van der Waals surface area (Å²) >= 11 is 0. The largest absolute Gasteiger partial charge is 0.350 e. The topological polar surface area (TPSA) is 67.5 Å². The van der Waals surface area contributed by atoms with E-state index in [1.165, 1.54) is 5.57 Å². The van der Waals surface area contributed by atoms with Crippen LogP contribution in [-0.4, -0.2) is 11.7 Å². The van der Waals surface area contributed by atoms with Gasteiger partial charge in [-0.1, -0.05) is 19.9 Å². The highest BCUT2D eigenvalue weighted by molar-refractivity contribution is 5.99. The standard InChI is InChI=1S/C10H17N3O/c1-7(12-13-9(11)14)8-4-5-10(2,3)6-8/h4H,5-6H2,1-3H3,(H3,11,13,14)/b12-7+. The number of hydrazone groups is 1. The molecule has 14 heavy (non-hydrogen) atoms. The van der Waals surface area contributed by atoms with Crippen LogP contribution in [0.5, 0.6) is 0 Å². The van der Waals surface area contributed by atoms with E-state index in [4.69, 9.17) is 5.73 Å². The lowest BCUT2D eigenvalue weighted by Crippen LogP contribution is -2.25. The van der Waals surface area contributed by atoms with Crippen molar-refractivity contribution in [1.29, 1.82) is 0 Å². The monoisotopic (exact) mass is 195 g/mol. The summed E-state index contributed by atoms with van der Waals surface area (Å²) in [5, 5.41) is 3.90. The number of nitrogens with one attached hydrogen (secondary N) is 1. The van der Waals surface area contributed by atoms with Crippen molar-refractivity contribution in [3.05, 3.63) is 11.6 Å². The highest BCUT2D eigenvalue weighted by Crippen LogP contribution is 2.36. The average Bonchev–Trinajstić information content (AvgIpc) is 2.41. The normalized spacial score (nSPS) is 20.5. The molecule has 0 saturated carbocycles. The second kappa shape index (κ2) is 3.82. The number of carbonyl (C=O) groups is 1. The van der Waals surface area contributed by atoms with E-state index in [2.05, 4.69) is 30.5 Å². The average molecular weight is 195 g/mol. The Labute approximate surface area is 84.2 Å². The summed E-state index contributed by atoms with van der Waals surface area (Å²) in [6.45, 7) is 6.31. The minimum atomic E-state index is -0.623. The maximum absolute atomic E-state index is 10.4. The van der Waals surface area contributed by atoms with E-state index in [0.717, 1.165) is 18.6 Å². The van der Waals surface area contributed by atoms with Crippen LogP contribution in [0.1, 0.15) is 33.6 Å². The number of nitrogens with two attached hydrogens (primary N) is 1. The van der Waals surface area contributed by atoms with Crippen molar-refractivity contribution in [3.8, 4) is 0 Å². The number of nitrogens with zero attached hydrogens (tertiary/aromatic N) is 1. The van der Waals surface area contributed by atoms with E-state index in [1.807, 2.05) is 6.92 Å². The minimum absolute atomic E-state index is 0.318. The fraction of sp³-hybridized carbons (Fsp3) is 0.600. The Kier molecular flexibility index (Phi) is 2.93. The molecule has 0 aliphatic heterocycles. The van der Waals surface area contributed by atoms with Crippen LogP contribution in [0.25, 0.3) is 0 Å². The van der Waals surface area contributed by atoms with Crippen LogP contribution >= 0.6 is 0 Å². The van der Waals surface area contributed by atoms with Gasteiger partial charge in [0.15, 0.2) is 0 Å². The number of carbonyl (C=O) groups excluding carboxylic acids is 1. The molecule has 0 aromatic carbocycles. The molecule has 2 amide bonds. The van der Waals surface area contributed by atoms with E-state index >= 15 is 0 Å². The second-order valence-electron chi connectivity index (χ2n) is 4.45. The molecule has 1 aliphatic carbocycles. The van der Waals surface area contributed by atoms with Crippen LogP contribution < -0.4 is 11.2 Å². The lowest BCUT2D eigenvalue weighted by Gasteiger charge is -2.16. The Hall–Kier alpha value is -1.32. The minimum Gasteiger partial charge on any atom is -0.350 e. The van der Waals surface area contributed by atoms with E-state index < -0.39 is 6.03 Å². The van der Waals surface area contributed by atoms with Crippen molar-refractivity contribution in [2.75, 3.05) is 0 Å². The number of hydrogen-bond donors (Lipinski definition) is 2. The molecule has 0 heterocycles. The van der Waals surface area contributed by atoms with E-state index in [0.29, 0.717) is 5.41 Å². The Morgan fingerprint density at radius 1 is 1.64 bits per heavy atom. The van der Waals surface area contributed by atoms with E-state index in [-0.39, 0.29) is 0 Å². The van der Waals surface area contributed by atoms with Gasteiger partial charge < -0.3 is 5.73 Å². The van der Waals surface area contributed by atoms with Gasteiger partial charge in [-0.05, 0) is 30.8 Å².